The Balaban J connectivity index is 1.59. The zero-order valence-corrected chi connectivity index (χ0v) is 16.0. The fraction of sp³-hybridized carbons (Fsp3) is 0.130. The van der Waals surface area contributed by atoms with Crippen molar-refractivity contribution in [3.63, 3.8) is 0 Å². The molecule has 0 saturated carbocycles. The summed E-state index contributed by atoms with van der Waals surface area (Å²) in [6.45, 7) is 1.98. The second-order valence-corrected chi connectivity index (χ2v) is 6.35. The van der Waals surface area contributed by atoms with Gasteiger partial charge in [0.05, 0.1) is 0 Å². The summed E-state index contributed by atoms with van der Waals surface area (Å²) < 4.78 is 19.0. The Labute approximate surface area is 168 Å². The van der Waals surface area contributed by atoms with E-state index in [1.54, 1.807) is 29.2 Å². The second kappa shape index (κ2) is 9.50. The van der Waals surface area contributed by atoms with Gasteiger partial charge in [-0.15, -0.1) is 0 Å². The molecule has 0 heterocycles. The molecule has 3 rings (SSSR count). The van der Waals surface area contributed by atoms with Crippen molar-refractivity contribution < 1.29 is 18.7 Å². The maximum Gasteiger partial charge on any atom is 0.251 e. The van der Waals surface area contributed by atoms with Crippen molar-refractivity contribution >= 4 is 17.5 Å². The van der Waals surface area contributed by atoms with E-state index < -0.39 is 5.82 Å². The van der Waals surface area contributed by atoms with Gasteiger partial charge in [0.2, 0.25) is 5.91 Å². The van der Waals surface area contributed by atoms with Gasteiger partial charge in [0.15, 0.2) is 0 Å². The van der Waals surface area contributed by atoms with Crippen LogP contribution in [-0.4, -0.2) is 24.9 Å². The van der Waals surface area contributed by atoms with E-state index in [1.807, 2.05) is 30.3 Å². The molecule has 3 aromatic carbocycles. The summed E-state index contributed by atoms with van der Waals surface area (Å²) in [5.74, 6) is 0.369. The second-order valence-electron chi connectivity index (χ2n) is 6.35. The van der Waals surface area contributed by atoms with Crippen molar-refractivity contribution in [2.45, 2.75) is 6.92 Å². The minimum Gasteiger partial charge on any atom is -0.457 e. The maximum atomic E-state index is 13.2. The average Bonchev–Trinajstić information content (AvgIpc) is 2.72. The number of hydrogen-bond donors (Lipinski definition) is 1. The molecule has 0 saturated heterocycles. The van der Waals surface area contributed by atoms with Crippen LogP contribution in [0, 0.1) is 5.82 Å². The van der Waals surface area contributed by atoms with Crippen molar-refractivity contribution in [2.75, 3.05) is 18.0 Å². The van der Waals surface area contributed by atoms with Crippen molar-refractivity contribution in [1.82, 2.24) is 5.32 Å². The Kier molecular flexibility index (Phi) is 6.58. The van der Waals surface area contributed by atoms with Gasteiger partial charge in [-0.25, -0.2) is 4.39 Å². The van der Waals surface area contributed by atoms with E-state index in [0.717, 1.165) is 5.75 Å². The molecule has 29 heavy (non-hydrogen) atoms. The van der Waals surface area contributed by atoms with E-state index in [1.165, 1.54) is 31.2 Å². The lowest BCUT2D eigenvalue weighted by Gasteiger charge is -2.21. The molecule has 0 radical (unpaired) electrons. The Hall–Kier alpha value is -3.67. The molecule has 0 aliphatic rings. The maximum absolute atomic E-state index is 13.2. The van der Waals surface area contributed by atoms with Crippen LogP contribution in [0.3, 0.4) is 0 Å². The fourth-order valence-corrected chi connectivity index (χ4v) is 2.80. The van der Waals surface area contributed by atoms with Crippen molar-refractivity contribution in [1.29, 1.82) is 0 Å². The lowest BCUT2D eigenvalue weighted by molar-refractivity contribution is -0.116. The normalized spacial score (nSPS) is 10.3. The van der Waals surface area contributed by atoms with Gasteiger partial charge >= 0.3 is 0 Å². The summed E-state index contributed by atoms with van der Waals surface area (Å²) in [4.78, 5) is 25.7. The number of nitrogens with zero attached hydrogens (tertiary/aromatic N) is 1. The minimum absolute atomic E-state index is 0.151. The van der Waals surface area contributed by atoms with E-state index in [9.17, 15) is 14.0 Å². The van der Waals surface area contributed by atoms with Crippen LogP contribution in [0.5, 0.6) is 11.5 Å². The SMILES string of the molecule is CC(=O)N(CCNC(=O)c1cccc(F)c1)c1ccc(Oc2ccccc2)cc1. The molecule has 6 heteroatoms. The highest BCUT2D eigenvalue weighted by atomic mass is 19.1. The highest BCUT2D eigenvalue weighted by molar-refractivity contribution is 5.94. The number of rotatable bonds is 7. The predicted molar refractivity (Wildman–Crippen MR) is 110 cm³/mol. The molecule has 0 aliphatic heterocycles. The quantitative estimate of drug-likeness (QED) is 0.648. The number of benzene rings is 3. The fourth-order valence-electron chi connectivity index (χ4n) is 2.80. The van der Waals surface area contributed by atoms with Crippen LogP contribution < -0.4 is 15.0 Å². The molecule has 0 atom stereocenters. The molecule has 5 nitrogen and oxygen atoms in total. The first kappa shape index (κ1) is 20.1. The van der Waals surface area contributed by atoms with Crippen LogP contribution in [0.4, 0.5) is 10.1 Å². The van der Waals surface area contributed by atoms with Gasteiger partial charge in [-0.05, 0) is 54.6 Å². The predicted octanol–water partition coefficient (Wildman–Crippen LogP) is 4.40. The molecule has 0 fully saturated rings. The Morgan fingerprint density at radius 1 is 0.931 bits per heavy atom. The third-order valence-corrected chi connectivity index (χ3v) is 4.22. The molecule has 148 valence electrons. The van der Waals surface area contributed by atoms with Crippen LogP contribution in [-0.2, 0) is 4.79 Å². The number of amides is 2. The van der Waals surface area contributed by atoms with Gasteiger partial charge in [-0.2, -0.15) is 0 Å². The number of anilines is 1. The lowest BCUT2D eigenvalue weighted by Crippen LogP contribution is -2.37. The molecule has 0 aromatic heterocycles. The molecular formula is C23H21FN2O3. The van der Waals surface area contributed by atoms with Crippen LogP contribution in [0.15, 0.2) is 78.9 Å². The summed E-state index contributed by atoms with van der Waals surface area (Å²) >= 11 is 0. The van der Waals surface area contributed by atoms with Crippen LogP contribution >= 0.6 is 0 Å². The standard InChI is InChI=1S/C23H21FN2O3/c1-17(27)26(15-14-25-23(28)18-6-5-7-19(24)16-18)20-10-12-22(13-11-20)29-21-8-3-2-4-9-21/h2-13,16H,14-15H2,1H3,(H,25,28). The van der Waals surface area contributed by atoms with E-state index >= 15 is 0 Å². The Bertz CT molecular complexity index is 975. The molecule has 1 N–H and O–H groups in total. The number of carbonyl (C=O) groups is 2. The lowest BCUT2D eigenvalue weighted by atomic mass is 10.2. The topological polar surface area (TPSA) is 58.6 Å². The highest BCUT2D eigenvalue weighted by Crippen LogP contribution is 2.24. The van der Waals surface area contributed by atoms with E-state index in [4.69, 9.17) is 4.74 Å². The third kappa shape index (κ3) is 5.65. The van der Waals surface area contributed by atoms with E-state index in [0.29, 0.717) is 11.4 Å². The molecule has 0 spiro atoms. The minimum atomic E-state index is -0.471. The van der Waals surface area contributed by atoms with Gasteiger partial charge in [0.1, 0.15) is 17.3 Å². The largest absolute Gasteiger partial charge is 0.457 e. The molecule has 0 aliphatic carbocycles. The molecule has 0 unspecified atom stereocenters. The van der Waals surface area contributed by atoms with E-state index in [2.05, 4.69) is 5.32 Å². The number of hydrogen-bond acceptors (Lipinski definition) is 3. The summed E-state index contributed by atoms with van der Waals surface area (Å²) in [7, 11) is 0. The van der Waals surface area contributed by atoms with Gasteiger partial charge in [-0.1, -0.05) is 24.3 Å². The van der Waals surface area contributed by atoms with Gasteiger partial charge in [0, 0.05) is 31.3 Å². The molecule has 0 bridgehead atoms. The number of nitrogens with one attached hydrogen (secondary N) is 1. The van der Waals surface area contributed by atoms with E-state index in [-0.39, 0.29) is 30.5 Å². The van der Waals surface area contributed by atoms with Crippen molar-refractivity contribution in [3.05, 3.63) is 90.2 Å². The first-order valence-electron chi connectivity index (χ1n) is 9.18. The van der Waals surface area contributed by atoms with Crippen molar-refractivity contribution in [3.8, 4) is 11.5 Å². The first-order chi connectivity index (χ1) is 14.0. The number of carbonyl (C=O) groups excluding carboxylic acids is 2. The Morgan fingerprint density at radius 3 is 2.28 bits per heavy atom. The summed E-state index contributed by atoms with van der Waals surface area (Å²) in [5.41, 5.74) is 0.930. The van der Waals surface area contributed by atoms with Gasteiger partial charge < -0.3 is 15.0 Å². The van der Waals surface area contributed by atoms with Crippen LogP contribution in [0.1, 0.15) is 17.3 Å². The third-order valence-electron chi connectivity index (χ3n) is 4.22. The first-order valence-corrected chi connectivity index (χ1v) is 9.18. The molecule has 2 amide bonds. The van der Waals surface area contributed by atoms with Crippen LogP contribution in [0.2, 0.25) is 0 Å². The van der Waals surface area contributed by atoms with Gasteiger partial charge in [0.25, 0.3) is 5.91 Å². The molecular weight excluding hydrogens is 371 g/mol. The smallest absolute Gasteiger partial charge is 0.251 e. The summed E-state index contributed by atoms with van der Waals surface area (Å²) in [6.07, 6.45) is 0. The average molecular weight is 392 g/mol. The van der Waals surface area contributed by atoms with Gasteiger partial charge in [-0.3, -0.25) is 9.59 Å². The number of halogens is 1. The zero-order chi connectivity index (χ0) is 20.6. The number of ether oxygens (including phenoxy) is 1. The highest BCUT2D eigenvalue weighted by Gasteiger charge is 2.13. The van der Waals surface area contributed by atoms with Crippen molar-refractivity contribution in [2.24, 2.45) is 0 Å². The zero-order valence-electron chi connectivity index (χ0n) is 16.0. The van der Waals surface area contributed by atoms with Crippen LogP contribution in [0.25, 0.3) is 0 Å². The molecule has 3 aromatic rings. The summed E-state index contributed by atoms with van der Waals surface area (Å²) in [5, 5.41) is 2.70. The monoisotopic (exact) mass is 392 g/mol. The summed E-state index contributed by atoms with van der Waals surface area (Å²) in [6, 6.07) is 22.0. The number of para-hydroxylation sites is 1. The Morgan fingerprint density at radius 2 is 1.62 bits per heavy atom.